The SMILES string of the molecule is Cc1cc(OCC(O)CNC2CCCOC2)ccc1Cl. The Morgan fingerprint density at radius 3 is 3.10 bits per heavy atom. The van der Waals surface area contributed by atoms with Gasteiger partial charge >= 0.3 is 0 Å². The molecule has 2 unspecified atom stereocenters. The van der Waals surface area contributed by atoms with Crippen molar-refractivity contribution >= 4 is 11.6 Å². The molecule has 1 saturated heterocycles. The average Bonchev–Trinajstić information content (AvgIpc) is 2.47. The monoisotopic (exact) mass is 299 g/mol. The Kier molecular flexibility index (Phi) is 6.10. The van der Waals surface area contributed by atoms with Crippen LogP contribution in [0.1, 0.15) is 18.4 Å². The van der Waals surface area contributed by atoms with Crippen LogP contribution in [0.25, 0.3) is 0 Å². The van der Waals surface area contributed by atoms with Crippen molar-refractivity contribution in [3.63, 3.8) is 0 Å². The van der Waals surface area contributed by atoms with Gasteiger partial charge in [0.25, 0.3) is 0 Å². The molecule has 112 valence electrons. The number of rotatable bonds is 6. The summed E-state index contributed by atoms with van der Waals surface area (Å²) >= 11 is 5.95. The van der Waals surface area contributed by atoms with Crippen molar-refractivity contribution in [3.8, 4) is 5.75 Å². The summed E-state index contributed by atoms with van der Waals surface area (Å²) in [4.78, 5) is 0. The molecule has 2 N–H and O–H groups in total. The molecule has 4 nitrogen and oxygen atoms in total. The molecule has 1 aliphatic rings. The van der Waals surface area contributed by atoms with Gasteiger partial charge in [-0.15, -0.1) is 0 Å². The van der Waals surface area contributed by atoms with Crippen molar-refractivity contribution < 1.29 is 14.6 Å². The third kappa shape index (κ3) is 4.94. The van der Waals surface area contributed by atoms with E-state index in [4.69, 9.17) is 21.1 Å². The van der Waals surface area contributed by atoms with Gasteiger partial charge in [-0.1, -0.05) is 11.6 Å². The van der Waals surface area contributed by atoms with Crippen molar-refractivity contribution in [2.45, 2.75) is 31.9 Å². The Bertz CT molecular complexity index is 422. The van der Waals surface area contributed by atoms with Gasteiger partial charge in [0.1, 0.15) is 18.5 Å². The van der Waals surface area contributed by atoms with E-state index in [1.807, 2.05) is 19.1 Å². The third-order valence-electron chi connectivity index (χ3n) is 3.37. The van der Waals surface area contributed by atoms with Crippen LogP contribution in [-0.2, 0) is 4.74 Å². The summed E-state index contributed by atoms with van der Waals surface area (Å²) in [5.74, 6) is 0.729. The summed E-state index contributed by atoms with van der Waals surface area (Å²) in [6, 6.07) is 5.83. The minimum Gasteiger partial charge on any atom is -0.491 e. The van der Waals surface area contributed by atoms with Crippen LogP contribution in [-0.4, -0.2) is 43.6 Å². The lowest BCUT2D eigenvalue weighted by molar-refractivity contribution is 0.0572. The topological polar surface area (TPSA) is 50.7 Å². The number of nitrogens with one attached hydrogen (secondary N) is 1. The predicted octanol–water partition coefficient (Wildman–Crippen LogP) is 2.16. The molecule has 20 heavy (non-hydrogen) atoms. The van der Waals surface area contributed by atoms with Crippen molar-refractivity contribution in [1.29, 1.82) is 0 Å². The van der Waals surface area contributed by atoms with Gasteiger partial charge in [-0.3, -0.25) is 0 Å². The normalized spacial score (nSPS) is 20.6. The molecule has 2 rings (SSSR count). The van der Waals surface area contributed by atoms with Gasteiger partial charge in [0.05, 0.1) is 6.61 Å². The first-order valence-electron chi connectivity index (χ1n) is 7.03. The van der Waals surface area contributed by atoms with E-state index in [0.717, 1.165) is 42.4 Å². The number of hydrogen-bond donors (Lipinski definition) is 2. The number of aliphatic hydroxyl groups excluding tert-OH is 1. The summed E-state index contributed by atoms with van der Waals surface area (Å²) in [6.07, 6.45) is 1.64. The molecule has 5 heteroatoms. The molecule has 0 amide bonds. The number of ether oxygens (including phenoxy) is 2. The fourth-order valence-corrected chi connectivity index (χ4v) is 2.28. The molecular weight excluding hydrogens is 278 g/mol. The number of benzene rings is 1. The standard InChI is InChI=1S/C15H22ClNO3/c1-11-7-14(4-5-15(11)16)20-10-13(18)8-17-12-3-2-6-19-9-12/h4-5,7,12-13,17-18H,2-3,6,8-10H2,1H3. The van der Waals surface area contributed by atoms with Crippen LogP contribution in [0.4, 0.5) is 0 Å². The van der Waals surface area contributed by atoms with Crippen LogP contribution in [0.2, 0.25) is 5.02 Å². The smallest absolute Gasteiger partial charge is 0.119 e. The highest BCUT2D eigenvalue weighted by molar-refractivity contribution is 6.31. The second-order valence-corrected chi connectivity index (χ2v) is 5.61. The van der Waals surface area contributed by atoms with Gasteiger partial charge in [-0.25, -0.2) is 0 Å². The second kappa shape index (κ2) is 7.84. The van der Waals surface area contributed by atoms with Crippen molar-refractivity contribution in [3.05, 3.63) is 28.8 Å². The largest absolute Gasteiger partial charge is 0.491 e. The minimum atomic E-state index is -0.534. The Morgan fingerprint density at radius 1 is 1.55 bits per heavy atom. The Morgan fingerprint density at radius 2 is 2.40 bits per heavy atom. The minimum absolute atomic E-state index is 0.266. The predicted molar refractivity (Wildman–Crippen MR) is 79.5 cm³/mol. The van der Waals surface area contributed by atoms with Gasteiger partial charge in [-0.05, 0) is 43.5 Å². The van der Waals surface area contributed by atoms with Crippen molar-refractivity contribution in [2.75, 3.05) is 26.4 Å². The summed E-state index contributed by atoms with van der Waals surface area (Å²) in [6.45, 7) is 4.28. The van der Waals surface area contributed by atoms with Crippen LogP contribution < -0.4 is 10.1 Å². The van der Waals surface area contributed by atoms with Gasteiger partial charge in [0.2, 0.25) is 0 Å². The van der Waals surface area contributed by atoms with E-state index < -0.39 is 6.10 Å². The zero-order chi connectivity index (χ0) is 14.4. The van der Waals surface area contributed by atoms with Crippen LogP contribution >= 0.6 is 11.6 Å². The number of halogens is 1. The van der Waals surface area contributed by atoms with Crippen LogP contribution in [0.5, 0.6) is 5.75 Å². The molecule has 1 aliphatic heterocycles. The summed E-state index contributed by atoms with van der Waals surface area (Å²) < 4.78 is 10.9. The number of aliphatic hydroxyl groups is 1. The molecular formula is C15H22ClNO3. The summed E-state index contributed by atoms with van der Waals surface area (Å²) in [7, 11) is 0. The fraction of sp³-hybridized carbons (Fsp3) is 0.600. The molecule has 1 aromatic rings. The van der Waals surface area contributed by atoms with Crippen LogP contribution in [0.3, 0.4) is 0 Å². The highest BCUT2D eigenvalue weighted by Gasteiger charge is 2.15. The lowest BCUT2D eigenvalue weighted by atomic mass is 10.1. The fourth-order valence-electron chi connectivity index (χ4n) is 2.16. The van der Waals surface area contributed by atoms with Gasteiger partial charge in [-0.2, -0.15) is 0 Å². The highest BCUT2D eigenvalue weighted by atomic mass is 35.5. The van der Waals surface area contributed by atoms with E-state index in [2.05, 4.69) is 5.32 Å². The van der Waals surface area contributed by atoms with Gasteiger partial charge in [0.15, 0.2) is 0 Å². The lowest BCUT2D eigenvalue weighted by Gasteiger charge is -2.24. The highest BCUT2D eigenvalue weighted by Crippen LogP contribution is 2.21. The van der Waals surface area contributed by atoms with Gasteiger partial charge < -0.3 is 19.9 Å². The first-order chi connectivity index (χ1) is 9.65. The molecule has 1 heterocycles. The first-order valence-corrected chi connectivity index (χ1v) is 7.41. The third-order valence-corrected chi connectivity index (χ3v) is 3.80. The van der Waals surface area contributed by atoms with Gasteiger partial charge in [0, 0.05) is 24.2 Å². The van der Waals surface area contributed by atoms with E-state index in [0.29, 0.717) is 12.6 Å². The van der Waals surface area contributed by atoms with E-state index >= 15 is 0 Å². The van der Waals surface area contributed by atoms with Crippen molar-refractivity contribution in [2.24, 2.45) is 0 Å². The van der Waals surface area contributed by atoms with Crippen molar-refractivity contribution in [1.82, 2.24) is 5.32 Å². The van der Waals surface area contributed by atoms with E-state index in [9.17, 15) is 5.11 Å². The maximum atomic E-state index is 9.91. The average molecular weight is 300 g/mol. The second-order valence-electron chi connectivity index (χ2n) is 5.20. The summed E-state index contributed by atoms with van der Waals surface area (Å²) in [5, 5.41) is 13.9. The van der Waals surface area contributed by atoms with E-state index in [-0.39, 0.29) is 6.61 Å². The molecule has 2 atom stereocenters. The van der Waals surface area contributed by atoms with Crippen LogP contribution in [0, 0.1) is 6.92 Å². The zero-order valence-corrected chi connectivity index (χ0v) is 12.5. The zero-order valence-electron chi connectivity index (χ0n) is 11.8. The molecule has 0 radical (unpaired) electrons. The summed E-state index contributed by atoms with van der Waals surface area (Å²) in [5.41, 5.74) is 0.969. The molecule has 0 aliphatic carbocycles. The molecule has 1 aromatic carbocycles. The molecule has 1 fully saturated rings. The Labute approximate surface area is 125 Å². The molecule has 0 bridgehead atoms. The quantitative estimate of drug-likeness (QED) is 0.845. The maximum Gasteiger partial charge on any atom is 0.119 e. The molecule has 0 saturated carbocycles. The Balaban J connectivity index is 1.68. The van der Waals surface area contributed by atoms with E-state index in [1.165, 1.54) is 0 Å². The first kappa shape index (κ1) is 15.6. The van der Waals surface area contributed by atoms with E-state index in [1.54, 1.807) is 6.07 Å². The number of hydrogen-bond acceptors (Lipinski definition) is 4. The molecule has 0 aromatic heterocycles. The number of aryl methyl sites for hydroxylation is 1. The Hall–Kier alpha value is -0.810. The lowest BCUT2D eigenvalue weighted by Crippen LogP contribution is -2.42. The molecule has 0 spiro atoms. The maximum absolute atomic E-state index is 9.91. The van der Waals surface area contributed by atoms with Crippen LogP contribution in [0.15, 0.2) is 18.2 Å².